The molecule has 4 heteroatoms. The van der Waals surface area contributed by atoms with Crippen molar-refractivity contribution in [3.63, 3.8) is 0 Å². The molecule has 4 heterocycles. The molecule has 0 spiro atoms. The Hall–Kier alpha value is -7.04. The molecular formula is C48H28N2O2. The fraction of sp³-hybridized carbons (Fsp3) is 0. The minimum absolute atomic E-state index is 0.858. The van der Waals surface area contributed by atoms with Crippen molar-refractivity contribution in [3.8, 4) is 22.5 Å². The normalized spacial score (nSPS) is 12.2. The molecule has 0 saturated carbocycles. The van der Waals surface area contributed by atoms with E-state index >= 15 is 0 Å². The second-order valence-electron chi connectivity index (χ2n) is 13.7. The van der Waals surface area contributed by atoms with Crippen molar-refractivity contribution < 1.29 is 8.83 Å². The third kappa shape index (κ3) is 3.70. The second-order valence-corrected chi connectivity index (χ2v) is 13.7. The van der Waals surface area contributed by atoms with Gasteiger partial charge in [0.25, 0.3) is 0 Å². The van der Waals surface area contributed by atoms with Gasteiger partial charge in [0.05, 0.1) is 33.1 Å². The van der Waals surface area contributed by atoms with Crippen molar-refractivity contribution >= 4 is 87.5 Å². The van der Waals surface area contributed by atoms with Crippen molar-refractivity contribution in [1.82, 2.24) is 9.13 Å². The lowest BCUT2D eigenvalue weighted by atomic mass is 9.98. The molecule has 0 aliphatic heterocycles. The van der Waals surface area contributed by atoms with E-state index in [4.69, 9.17) is 8.83 Å². The summed E-state index contributed by atoms with van der Waals surface area (Å²) < 4.78 is 17.8. The van der Waals surface area contributed by atoms with Crippen LogP contribution in [0.4, 0.5) is 0 Å². The number of benzene rings is 8. The van der Waals surface area contributed by atoms with Crippen molar-refractivity contribution in [2.45, 2.75) is 0 Å². The molecule has 4 nitrogen and oxygen atoms in total. The lowest BCUT2D eigenvalue weighted by Crippen LogP contribution is -1.96. The fourth-order valence-electron chi connectivity index (χ4n) is 8.72. The summed E-state index contributed by atoms with van der Waals surface area (Å²) in [7, 11) is 0. The first-order valence-corrected chi connectivity index (χ1v) is 17.7. The van der Waals surface area contributed by atoms with Gasteiger partial charge in [0.1, 0.15) is 22.3 Å². The number of fused-ring (bicyclic) bond motifs is 12. The molecule has 0 fully saturated rings. The fourth-order valence-corrected chi connectivity index (χ4v) is 8.72. The zero-order valence-corrected chi connectivity index (χ0v) is 27.9. The van der Waals surface area contributed by atoms with Crippen LogP contribution in [0.5, 0.6) is 0 Å². The summed E-state index contributed by atoms with van der Waals surface area (Å²) in [5.74, 6) is 0. The monoisotopic (exact) mass is 664 g/mol. The first-order chi connectivity index (χ1) is 25.8. The van der Waals surface area contributed by atoms with Crippen molar-refractivity contribution in [2.24, 2.45) is 0 Å². The molecule has 242 valence electrons. The number of hydrogen-bond donors (Lipinski definition) is 0. The van der Waals surface area contributed by atoms with Gasteiger partial charge in [0.15, 0.2) is 0 Å². The van der Waals surface area contributed by atoms with Crippen LogP contribution < -0.4 is 0 Å². The van der Waals surface area contributed by atoms with Gasteiger partial charge in [-0.3, -0.25) is 0 Å². The smallest absolute Gasteiger partial charge is 0.137 e. The van der Waals surface area contributed by atoms with Crippen LogP contribution in [0.15, 0.2) is 179 Å². The Balaban J connectivity index is 1.14. The number of aromatic nitrogens is 2. The zero-order valence-electron chi connectivity index (χ0n) is 27.9. The summed E-state index contributed by atoms with van der Waals surface area (Å²) in [5, 5.41) is 9.37. The minimum Gasteiger partial charge on any atom is -0.456 e. The molecule has 0 aliphatic carbocycles. The Bertz CT molecular complexity index is 3410. The molecule has 0 atom stereocenters. The Kier molecular flexibility index (Phi) is 5.47. The molecule has 4 aromatic heterocycles. The Morgan fingerprint density at radius 1 is 0.327 bits per heavy atom. The maximum atomic E-state index is 6.70. The van der Waals surface area contributed by atoms with Crippen LogP contribution in [0.25, 0.3) is 110 Å². The third-order valence-corrected chi connectivity index (χ3v) is 10.9. The van der Waals surface area contributed by atoms with Crippen LogP contribution in [-0.4, -0.2) is 9.13 Å². The standard InChI is InChI=1S/C48H28N2O2/c1-2-12-30(13-3-1)49-38-18-7-4-14-32(38)36-27-37-33-15-5-8-19-39(33)50(42(37)28-41(36)49)40-20-11-23-45-48(40)35-25-24-29(26-46(35)52-45)31-17-10-22-44-47(31)34-16-6-9-21-43(34)51-44/h1-28H. The van der Waals surface area contributed by atoms with E-state index in [1.54, 1.807) is 0 Å². The van der Waals surface area contributed by atoms with Gasteiger partial charge in [0.2, 0.25) is 0 Å². The average molecular weight is 665 g/mol. The third-order valence-electron chi connectivity index (χ3n) is 10.9. The van der Waals surface area contributed by atoms with E-state index < -0.39 is 0 Å². The minimum atomic E-state index is 0.858. The molecule has 0 aliphatic rings. The van der Waals surface area contributed by atoms with Gasteiger partial charge in [-0.1, -0.05) is 97.1 Å². The summed E-state index contributed by atoms with van der Waals surface area (Å²) in [6.45, 7) is 0. The van der Waals surface area contributed by atoms with Gasteiger partial charge in [0, 0.05) is 43.4 Å². The Labute approximate surface area is 296 Å². The van der Waals surface area contributed by atoms with Gasteiger partial charge in [-0.2, -0.15) is 0 Å². The molecule has 12 rings (SSSR count). The van der Waals surface area contributed by atoms with E-state index in [2.05, 4.69) is 161 Å². The van der Waals surface area contributed by atoms with Gasteiger partial charge in [-0.15, -0.1) is 0 Å². The van der Waals surface area contributed by atoms with Crippen molar-refractivity contribution in [1.29, 1.82) is 0 Å². The van der Waals surface area contributed by atoms with Crippen LogP contribution in [0.1, 0.15) is 0 Å². The van der Waals surface area contributed by atoms with Crippen LogP contribution in [-0.2, 0) is 0 Å². The SMILES string of the molecule is c1ccc(-n2c3ccccc3c3cc4c5ccccc5n(-c5cccc6oc7cc(-c8cccc9oc%10ccccc%10c89)ccc7c56)c4cc32)cc1. The van der Waals surface area contributed by atoms with E-state index in [0.29, 0.717) is 0 Å². The molecule has 52 heavy (non-hydrogen) atoms. The molecule has 0 N–H and O–H groups in total. The van der Waals surface area contributed by atoms with E-state index in [0.717, 1.165) is 77.4 Å². The maximum Gasteiger partial charge on any atom is 0.137 e. The topological polar surface area (TPSA) is 36.1 Å². The Morgan fingerprint density at radius 3 is 1.73 bits per heavy atom. The van der Waals surface area contributed by atoms with Gasteiger partial charge >= 0.3 is 0 Å². The van der Waals surface area contributed by atoms with Gasteiger partial charge in [-0.25, -0.2) is 0 Å². The maximum absolute atomic E-state index is 6.70. The number of hydrogen-bond acceptors (Lipinski definition) is 2. The first kappa shape index (κ1) is 27.7. The highest BCUT2D eigenvalue weighted by Crippen LogP contribution is 2.43. The molecule has 0 saturated heterocycles. The van der Waals surface area contributed by atoms with E-state index in [1.165, 1.54) is 32.6 Å². The molecule has 0 bridgehead atoms. The van der Waals surface area contributed by atoms with Crippen molar-refractivity contribution in [3.05, 3.63) is 170 Å². The number of para-hydroxylation sites is 4. The highest BCUT2D eigenvalue weighted by Gasteiger charge is 2.21. The van der Waals surface area contributed by atoms with E-state index in [1.807, 2.05) is 18.2 Å². The molecule has 0 radical (unpaired) electrons. The molecule has 12 aromatic rings. The molecule has 0 amide bonds. The van der Waals surface area contributed by atoms with Gasteiger partial charge in [-0.05, 0) is 83.9 Å². The molecule has 0 unspecified atom stereocenters. The zero-order chi connectivity index (χ0) is 33.9. The summed E-state index contributed by atoms with van der Waals surface area (Å²) >= 11 is 0. The highest BCUT2D eigenvalue weighted by molar-refractivity contribution is 6.21. The van der Waals surface area contributed by atoms with Crippen LogP contribution in [0.2, 0.25) is 0 Å². The Morgan fingerprint density at radius 2 is 0.923 bits per heavy atom. The number of rotatable bonds is 3. The number of furan rings is 2. The predicted octanol–water partition coefficient (Wildman–Crippen LogP) is 13.3. The first-order valence-electron chi connectivity index (χ1n) is 17.7. The highest BCUT2D eigenvalue weighted by atomic mass is 16.3. The van der Waals surface area contributed by atoms with Crippen LogP contribution >= 0.6 is 0 Å². The quantitative estimate of drug-likeness (QED) is 0.188. The summed E-state index contributed by atoms with van der Waals surface area (Å²) in [6, 6.07) is 60.5. The van der Waals surface area contributed by atoms with Crippen LogP contribution in [0, 0.1) is 0 Å². The largest absolute Gasteiger partial charge is 0.456 e. The lowest BCUT2D eigenvalue weighted by Gasteiger charge is -2.11. The predicted molar refractivity (Wildman–Crippen MR) is 215 cm³/mol. The summed E-state index contributed by atoms with van der Waals surface area (Å²) in [5.41, 5.74) is 12.7. The lowest BCUT2D eigenvalue weighted by molar-refractivity contribution is 0.668. The summed E-state index contributed by atoms with van der Waals surface area (Å²) in [6.07, 6.45) is 0. The van der Waals surface area contributed by atoms with Crippen molar-refractivity contribution in [2.75, 3.05) is 0 Å². The van der Waals surface area contributed by atoms with E-state index in [9.17, 15) is 0 Å². The van der Waals surface area contributed by atoms with Crippen LogP contribution in [0.3, 0.4) is 0 Å². The molecule has 8 aromatic carbocycles. The van der Waals surface area contributed by atoms with Gasteiger partial charge < -0.3 is 18.0 Å². The second kappa shape index (κ2) is 10.3. The average Bonchev–Trinajstić information content (AvgIpc) is 3.94. The van der Waals surface area contributed by atoms with E-state index in [-0.39, 0.29) is 0 Å². The number of nitrogens with zero attached hydrogens (tertiary/aromatic N) is 2. The summed E-state index contributed by atoms with van der Waals surface area (Å²) in [4.78, 5) is 0. The molecular weight excluding hydrogens is 637 g/mol.